The van der Waals surface area contributed by atoms with E-state index in [2.05, 4.69) is 43.1 Å². The van der Waals surface area contributed by atoms with Crippen LogP contribution in [0.25, 0.3) is 0 Å². The minimum atomic E-state index is -0.187. The molecule has 78 valence electrons. The molecule has 0 radical (unpaired) electrons. The van der Waals surface area contributed by atoms with Gasteiger partial charge in [0, 0.05) is 5.38 Å². The molecule has 7 heteroatoms. The molecule has 0 aromatic carbocycles. The summed E-state index contributed by atoms with van der Waals surface area (Å²) < 4.78 is 1.07. The maximum absolute atomic E-state index is 11.6. The highest BCUT2D eigenvalue weighted by Gasteiger charge is 2.10. The van der Waals surface area contributed by atoms with Crippen LogP contribution in [-0.4, -0.2) is 21.1 Å². The highest BCUT2D eigenvalue weighted by Crippen LogP contribution is 2.17. The number of H-pyrrole nitrogens is 1. The second kappa shape index (κ2) is 4.27. The Morgan fingerprint density at radius 2 is 2.47 bits per heavy atom. The molecule has 1 amide bonds. The fourth-order valence-electron chi connectivity index (χ4n) is 1.00. The van der Waals surface area contributed by atoms with Gasteiger partial charge in [-0.05, 0) is 35.6 Å². The number of anilines is 1. The Labute approximate surface area is 103 Å². The van der Waals surface area contributed by atoms with Crippen LogP contribution in [0.1, 0.15) is 16.2 Å². The molecule has 2 rings (SSSR count). The fraction of sp³-hybridized carbons (Fsp3) is 0.125. The number of halogens is 1. The molecule has 2 N–H and O–H groups in total. The van der Waals surface area contributed by atoms with Gasteiger partial charge in [0.2, 0.25) is 5.95 Å². The first kappa shape index (κ1) is 10.6. The summed E-state index contributed by atoms with van der Waals surface area (Å²) in [5, 5.41) is 10.9. The number of aryl methyl sites for hydroxylation is 1. The Kier molecular flexibility index (Phi) is 3.00. The summed E-state index contributed by atoms with van der Waals surface area (Å²) in [7, 11) is 0. The van der Waals surface area contributed by atoms with E-state index in [1.807, 2.05) is 6.07 Å². The van der Waals surface area contributed by atoms with Crippen LogP contribution >= 0.6 is 33.9 Å². The van der Waals surface area contributed by atoms with E-state index in [1.165, 1.54) is 11.3 Å². The second-order valence-corrected chi connectivity index (χ2v) is 5.64. The van der Waals surface area contributed by atoms with Crippen molar-refractivity contribution in [2.45, 2.75) is 6.92 Å². The van der Waals surface area contributed by atoms with Gasteiger partial charge >= 0.3 is 0 Å². The van der Waals surface area contributed by atoms with Crippen LogP contribution in [0.4, 0.5) is 5.95 Å². The molecule has 0 bridgehead atoms. The SMILES string of the molecule is Cc1nc(NC(=O)c2csc(I)c2)n[nH]1. The number of rotatable bonds is 2. The number of amides is 1. The van der Waals surface area contributed by atoms with E-state index in [9.17, 15) is 4.79 Å². The van der Waals surface area contributed by atoms with Gasteiger partial charge in [-0.2, -0.15) is 4.98 Å². The Morgan fingerprint density at radius 3 is 3.00 bits per heavy atom. The quantitative estimate of drug-likeness (QED) is 0.826. The molecular weight excluding hydrogens is 327 g/mol. The normalized spacial score (nSPS) is 10.3. The molecule has 0 aliphatic rings. The highest BCUT2D eigenvalue weighted by atomic mass is 127. The van der Waals surface area contributed by atoms with Crippen LogP contribution in [0.5, 0.6) is 0 Å². The molecule has 0 unspecified atom stereocenters. The van der Waals surface area contributed by atoms with Crippen molar-refractivity contribution in [2.75, 3.05) is 5.32 Å². The van der Waals surface area contributed by atoms with Crippen molar-refractivity contribution in [1.82, 2.24) is 15.2 Å². The first-order valence-electron chi connectivity index (χ1n) is 4.09. The second-order valence-electron chi connectivity index (χ2n) is 2.84. The van der Waals surface area contributed by atoms with E-state index < -0.39 is 0 Å². The molecule has 0 atom stereocenters. The van der Waals surface area contributed by atoms with E-state index in [-0.39, 0.29) is 5.91 Å². The molecule has 5 nitrogen and oxygen atoms in total. The largest absolute Gasteiger partial charge is 0.289 e. The number of aromatic nitrogens is 3. The van der Waals surface area contributed by atoms with Gasteiger partial charge in [-0.15, -0.1) is 16.4 Å². The van der Waals surface area contributed by atoms with Crippen molar-refractivity contribution >= 4 is 45.8 Å². The summed E-state index contributed by atoms with van der Waals surface area (Å²) in [5.74, 6) is 0.789. The van der Waals surface area contributed by atoms with Crippen molar-refractivity contribution in [1.29, 1.82) is 0 Å². The third-order valence-electron chi connectivity index (χ3n) is 1.65. The number of hydrogen-bond acceptors (Lipinski definition) is 4. The van der Waals surface area contributed by atoms with Gasteiger partial charge in [0.05, 0.1) is 8.45 Å². The summed E-state index contributed by atoms with van der Waals surface area (Å²) >= 11 is 3.70. The Bertz CT molecular complexity index is 492. The Balaban J connectivity index is 2.10. The first-order chi connectivity index (χ1) is 7.15. The molecule has 0 spiro atoms. The predicted molar refractivity (Wildman–Crippen MR) is 66.1 cm³/mol. The summed E-state index contributed by atoms with van der Waals surface area (Å²) in [6.07, 6.45) is 0. The minimum absolute atomic E-state index is 0.187. The Hall–Kier alpha value is -0.960. The molecular formula is C8H7IN4OS. The average Bonchev–Trinajstić information content (AvgIpc) is 2.75. The van der Waals surface area contributed by atoms with Gasteiger partial charge in [-0.25, -0.2) is 0 Å². The number of carbonyl (C=O) groups excluding carboxylic acids is 1. The zero-order valence-electron chi connectivity index (χ0n) is 7.74. The van der Waals surface area contributed by atoms with E-state index in [1.54, 1.807) is 12.3 Å². The molecule has 2 heterocycles. The van der Waals surface area contributed by atoms with Gasteiger partial charge in [-0.1, -0.05) is 0 Å². The molecule has 15 heavy (non-hydrogen) atoms. The molecule has 2 aromatic heterocycles. The van der Waals surface area contributed by atoms with Gasteiger partial charge in [0.15, 0.2) is 0 Å². The highest BCUT2D eigenvalue weighted by molar-refractivity contribution is 14.1. The number of carbonyl (C=O) groups is 1. The lowest BCUT2D eigenvalue weighted by molar-refractivity contribution is 0.102. The summed E-state index contributed by atoms with van der Waals surface area (Å²) in [6.45, 7) is 1.77. The van der Waals surface area contributed by atoms with Crippen molar-refractivity contribution in [3.63, 3.8) is 0 Å². The molecule has 0 fully saturated rings. The molecule has 0 aliphatic carbocycles. The molecule has 0 saturated heterocycles. The molecule has 0 saturated carbocycles. The van der Waals surface area contributed by atoms with Crippen LogP contribution in [0.3, 0.4) is 0 Å². The average molecular weight is 334 g/mol. The van der Waals surface area contributed by atoms with E-state index >= 15 is 0 Å². The van der Waals surface area contributed by atoms with E-state index in [4.69, 9.17) is 0 Å². The first-order valence-corrected chi connectivity index (χ1v) is 6.05. The van der Waals surface area contributed by atoms with E-state index in [0.29, 0.717) is 17.3 Å². The number of nitrogens with zero attached hydrogens (tertiary/aromatic N) is 2. The third kappa shape index (κ3) is 2.53. The van der Waals surface area contributed by atoms with Crippen LogP contribution in [0.15, 0.2) is 11.4 Å². The van der Waals surface area contributed by atoms with Crippen molar-refractivity contribution in [3.05, 3.63) is 25.7 Å². The smallest absolute Gasteiger partial charge is 0.258 e. The van der Waals surface area contributed by atoms with Crippen LogP contribution in [-0.2, 0) is 0 Å². The lowest BCUT2D eigenvalue weighted by Gasteiger charge is -1.96. The monoisotopic (exact) mass is 334 g/mol. The number of hydrogen-bond donors (Lipinski definition) is 2. The van der Waals surface area contributed by atoms with Crippen LogP contribution < -0.4 is 5.32 Å². The van der Waals surface area contributed by atoms with Crippen molar-refractivity contribution < 1.29 is 4.79 Å². The summed E-state index contributed by atoms with van der Waals surface area (Å²) in [5.41, 5.74) is 0.631. The number of thiophene rings is 1. The Morgan fingerprint density at radius 1 is 1.67 bits per heavy atom. The lowest BCUT2D eigenvalue weighted by Crippen LogP contribution is -2.11. The van der Waals surface area contributed by atoms with Gasteiger partial charge in [0.25, 0.3) is 5.91 Å². The van der Waals surface area contributed by atoms with Crippen LogP contribution in [0.2, 0.25) is 0 Å². The standard InChI is InChI=1S/C8H7IN4OS/c1-4-10-8(13-12-4)11-7(14)5-2-6(9)15-3-5/h2-3H,1H3,(H2,10,11,12,13,14). The van der Waals surface area contributed by atoms with Gasteiger partial charge in [0.1, 0.15) is 5.82 Å². The minimum Gasteiger partial charge on any atom is -0.289 e. The zero-order valence-corrected chi connectivity index (χ0v) is 10.7. The molecule has 2 aromatic rings. The molecule has 0 aliphatic heterocycles. The zero-order chi connectivity index (χ0) is 10.8. The van der Waals surface area contributed by atoms with Crippen molar-refractivity contribution in [3.8, 4) is 0 Å². The predicted octanol–water partition coefficient (Wildman–Crippen LogP) is 2.03. The van der Waals surface area contributed by atoms with Crippen molar-refractivity contribution in [2.24, 2.45) is 0 Å². The number of nitrogens with one attached hydrogen (secondary N) is 2. The fourth-order valence-corrected chi connectivity index (χ4v) is 2.33. The maximum atomic E-state index is 11.6. The van der Waals surface area contributed by atoms with E-state index in [0.717, 1.165) is 2.88 Å². The van der Waals surface area contributed by atoms with Crippen LogP contribution in [0, 0.1) is 9.81 Å². The maximum Gasteiger partial charge on any atom is 0.258 e. The topological polar surface area (TPSA) is 70.7 Å². The summed E-state index contributed by atoms with van der Waals surface area (Å²) in [4.78, 5) is 15.6. The third-order valence-corrected chi connectivity index (χ3v) is 3.44. The number of aromatic amines is 1. The van der Waals surface area contributed by atoms with Gasteiger partial charge in [-0.3, -0.25) is 15.2 Å². The lowest BCUT2D eigenvalue weighted by atomic mass is 10.3. The van der Waals surface area contributed by atoms with Gasteiger partial charge < -0.3 is 0 Å². The summed E-state index contributed by atoms with van der Waals surface area (Å²) in [6, 6.07) is 1.82.